The number of pyridine rings is 1. The van der Waals surface area contributed by atoms with Crippen molar-refractivity contribution in [1.29, 1.82) is 0 Å². The van der Waals surface area contributed by atoms with E-state index in [0.717, 1.165) is 45.0 Å². The van der Waals surface area contributed by atoms with E-state index in [1.165, 1.54) is 23.2 Å². The third-order valence-corrected chi connectivity index (χ3v) is 5.32. The number of hydrogen-bond donors (Lipinski definition) is 1. The Balaban J connectivity index is 1.34. The van der Waals surface area contributed by atoms with E-state index in [9.17, 15) is 0 Å². The Morgan fingerprint density at radius 3 is 2.79 bits per heavy atom. The highest BCUT2D eigenvalue weighted by Crippen LogP contribution is 2.24. The molecule has 126 valence electrons. The summed E-state index contributed by atoms with van der Waals surface area (Å²) in [4.78, 5) is 9.48. The second-order valence-electron chi connectivity index (χ2n) is 6.93. The maximum atomic E-state index is 4.47. The van der Waals surface area contributed by atoms with Gasteiger partial charge in [0.2, 0.25) is 0 Å². The zero-order chi connectivity index (χ0) is 16.4. The first-order valence-electron chi connectivity index (χ1n) is 9.05. The molecule has 1 aromatic carbocycles. The van der Waals surface area contributed by atoms with Gasteiger partial charge < -0.3 is 10.2 Å². The number of nitrogens with zero attached hydrogens (tertiary/aromatic N) is 3. The SMILES string of the molecule is CC(Cc1ccc2c(c1)CCN2)N1CCN(c2ccccn2)CC1. The Morgan fingerprint density at radius 1 is 1.12 bits per heavy atom. The Kier molecular flexibility index (Phi) is 4.39. The molecule has 0 amide bonds. The predicted molar refractivity (Wildman–Crippen MR) is 99.8 cm³/mol. The maximum absolute atomic E-state index is 4.47. The highest BCUT2D eigenvalue weighted by atomic mass is 15.3. The molecule has 0 radical (unpaired) electrons. The van der Waals surface area contributed by atoms with Crippen molar-refractivity contribution in [3.05, 3.63) is 53.7 Å². The minimum absolute atomic E-state index is 0.586. The van der Waals surface area contributed by atoms with Gasteiger partial charge in [0.05, 0.1) is 0 Å². The minimum atomic E-state index is 0.586. The van der Waals surface area contributed by atoms with E-state index in [1.807, 2.05) is 12.3 Å². The largest absolute Gasteiger partial charge is 0.384 e. The van der Waals surface area contributed by atoms with Gasteiger partial charge in [-0.05, 0) is 49.1 Å². The van der Waals surface area contributed by atoms with Crippen LogP contribution in [-0.2, 0) is 12.8 Å². The van der Waals surface area contributed by atoms with E-state index < -0.39 is 0 Å². The highest BCUT2D eigenvalue weighted by Gasteiger charge is 2.22. The molecule has 4 rings (SSSR count). The molecule has 0 spiro atoms. The second kappa shape index (κ2) is 6.81. The molecule has 1 fully saturated rings. The first-order chi connectivity index (χ1) is 11.8. The monoisotopic (exact) mass is 322 g/mol. The molecule has 24 heavy (non-hydrogen) atoms. The Morgan fingerprint density at radius 2 is 2.00 bits per heavy atom. The topological polar surface area (TPSA) is 31.4 Å². The van der Waals surface area contributed by atoms with Crippen LogP contribution in [0.25, 0.3) is 0 Å². The molecule has 3 heterocycles. The molecule has 2 aliphatic heterocycles. The smallest absolute Gasteiger partial charge is 0.128 e. The number of rotatable bonds is 4. The van der Waals surface area contributed by atoms with E-state index in [4.69, 9.17) is 0 Å². The summed E-state index contributed by atoms with van der Waals surface area (Å²) in [6, 6.07) is 13.7. The Bertz CT molecular complexity index is 677. The average molecular weight is 322 g/mol. The maximum Gasteiger partial charge on any atom is 0.128 e. The van der Waals surface area contributed by atoms with Gasteiger partial charge in [-0.1, -0.05) is 18.2 Å². The van der Waals surface area contributed by atoms with E-state index in [1.54, 1.807) is 0 Å². The molecular formula is C20H26N4. The van der Waals surface area contributed by atoms with Crippen LogP contribution in [0.5, 0.6) is 0 Å². The van der Waals surface area contributed by atoms with Gasteiger partial charge in [-0.15, -0.1) is 0 Å². The summed E-state index contributed by atoms with van der Waals surface area (Å²) in [5.74, 6) is 1.11. The lowest BCUT2D eigenvalue weighted by Crippen LogP contribution is -2.50. The lowest BCUT2D eigenvalue weighted by atomic mass is 10.0. The van der Waals surface area contributed by atoms with Crippen molar-refractivity contribution in [2.75, 3.05) is 42.9 Å². The van der Waals surface area contributed by atoms with Crippen LogP contribution >= 0.6 is 0 Å². The van der Waals surface area contributed by atoms with Crippen LogP contribution < -0.4 is 10.2 Å². The molecule has 1 N–H and O–H groups in total. The van der Waals surface area contributed by atoms with E-state index >= 15 is 0 Å². The number of hydrogen-bond acceptors (Lipinski definition) is 4. The van der Waals surface area contributed by atoms with Gasteiger partial charge in [0.15, 0.2) is 0 Å². The van der Waals surface area contributed by atoms with Gasteiger partial charge in [0.25, 0.3) is 0 Å². The lowest BCUT2D eigenvalue weighted by Gasteiger charge is -2.38. The van der Waals surface area contributed by atoms with Gasteiger partial charge in [-0.3, -0.25) is 4.90 Å². The summed E-state index contributed by atoms with van der Waals surface area (Å²) in [6.45, 7) is 7.81. The number of benzene rings is 1. The standard InChI is InChI=1S/C20H26N4/c1-16(14-17-5-6-19-18(15-17)7-9-21-19)23-10-12-24(13-11-23)20-4-2-3-8-22-20/h2-6,8,15-16,21H,7,9-14H2,1H3. The van der Waals surface area contributed by atoms with E-state index in [-0.39, 0.29) is 0 Å². The van der Waals surface area contributed by atoms with Crippen LogP contribution in [0.15, 0.2) is 42.6 Å². The number of fused-ring (bicyclic) bond motifs is 1. The predicted octanol–water partition coefficient (Wildman–Crippen LogP) is 2.80. The van der Waals surface area contributed by atoms with Gasteiger partial charge >= 0.3 is 0 Å². The van der Waals surface area contributed by atoms with Gasteiger partial charge in [-0.2, -0.15) is 0 Å². The minimum Gasteiger partial charge on any atom is -0.384 e. The molecule has 1 aromatic heterocycles. The highest BCUT2D eigenvalue weighted by molar-refractivity contribution is 5.56. The quantitative estimate of drug-likeness (QED) is 0.938. The fourth-order valence-corrected chi connectivity index (χ4v) is 3.89. The molecular weight excluding hydrogens is 296 g/mol. The van der Waals surface area contributed by atoms with Crippen LogP contribution in [-0.4, -0.2) is 48.6 Å². The van der Waals surface area contributed by atoms with Crippen LogP contribution in [0.2, 0.25) is 0 Å². The molecule has 2 aliphatic rings. The molecule has 1 saturated heterocycles. The molecule has 4 heteroatoms. The summed E-state index contributed by atoms with van der Waals surface area (Å²) in [5, 5.41) is 3.44. The molecule has 0 saturated carbocycles. The first kappa shape index (κ1) is 15.5. The Hall–Kier alpha value is -2.07. The van der Waals surface area contributed by atoms with Crippen LogP contribution in [0.3, 0.4) is 0 Å². The van der Waals surface area contributed by atoms with E-state index in [0.29, 0.717) is 6.04 Å². The van der Waals surface area contributed by atoms with E-state index in [2.05, 4.69) is 57.4 Å². The lowest BCUT2D eigenvalue weighted by molar-refractivity contribution is 0.195. The third-order valence-electron chi connectivity index (χ3n) is 5.32. The number of piperazine rings is 1. The fourth-order valence-electron chi connectivity index (χ4n) is 3.89. The van der Waals surface area contributed by atoms with Crippen molar-refractivity contribution in [3.63, 3.8) is 0 Å². The van der Waals surface area contributed by atoms with Crippen molar-refractivity contribution >= 4 is 11.5 Å². The van der Waals surface area contributed by atoms with Crippen molar-refractivity contribution in [2.45, 2.75) is 25.8 Å². The summed E-state index contributed by atoms with van der Waals surface area (Å²) < 4.78 is 0. The number of anilines is 2. The second-order valence-corrected chi connectivity index (χ2v) is 6.93. The van der Waals surface area contributed by atoms with Gasteiger partial charge in [0.1, 0.15) is 5.82 Å². The van der Waals surface area contributed by atoms with Crippen molar-refractivity contribution < 1.29 is 0 Å². The fraction of sp³-hybridized carbons (Fsp3) is 0.450. The molecule has 0 bridgehead atoms. The average Bonchev–Trinajstić information content (AvgIpc) is 3.10. The third kappa shape index (κ3) is 3.24. The summed E-state index contributed by atoms with van der Waals surface area (Å²) in [7, 11) is 0. The molecule has 4 nitrogen and oxygen atoms in total. The summed E-state index contributed by atoms with van der Waals surface area (Å²) in [6.07, 6.45) is 4.18. The Labute approximate surface area is 144 Å². The van der Waals surface area contributed by atoms with Crippen molar-refractivity contribution in [1.82, 2.24) is 9.88 Å². The number of nitrogens with one attached hydrogen (secondary N) is 1. The van der Waals surface area contributed by atoms with Gasteiger partial charge in [0, 0.05) is 50.6 Å². The first-order valence-corrected chi connectivity index (χ1v) is 9.05. The van der Waals surface area contributed by atoms with Crippen LogP contribution in [0.4, 0.5) is 11.5 Å². The van der Waals surface area contributed by atoms with Crippen molar-refractivity contribution in [2.24, 2.45) is 0 Å². The molecule has 0 aliphatic carbocycles. The zero-order valence-electron chi connectivity index (χ0n) is 14.4. The van der Waals surface area contributed by atoms with Gasteiger partial charge in [-0.25, -0.2) is 4.98 Å². The van der Waals surface area contributed by atoms with Crippen molar-refractivity contribution in [3.8, 4) is 0 Å². The summed E-state index contributed by atoms with van der Waals surface area (Å²) in [5.41, 5.74) is 4.28. The zero-order valence-corrected chi connectivity index (χ0v) is 14.4. The summed E-state index contributed by atoms with van der Waals surface area (Å²) >= 11 is 0. The van der Waals surface area contributed by atoms with Crippen LogP contribution in [0, 0.1) is 0 Å². The number of aromatic nitrogens is 1. The normalized spacial score (nSPS) is 19.0. The molecule has 2 aromatic rings. The molecule has 1 unspecified atom stereocenters. The molecule has 1 atom stereocenters. The van der Waals surface area contributed by atoms with Crippen LogP contribution in [0.1, 0.15) is 18.1 Å².